The molecule has 0 saturated heterocycles. The predicted molar refractivity (Wildman–Crippen MR) is 72.0 cm³/mol. The maximum atomic E-state index is 5.75. The molecule has 1 aromatic carbocycles. The summed E-state index contributed by atoms with van der Waals surface area (Å²) in [7, 11) is 0. The number of fused-ring (bicyclic) bond motifs is 1. The number of benzene rings is 1. The highest BCUT2D eigenvalue weighted by molar-refractivity contribution is 5.83. The number of hydrogen-bond acceptors (Lipinski definition) is 3. The third-order valence-corrected chi connectivity index (χ3v) is 3.44. The second-order valence-corrected chi connectivity index (χ2v) is 5.07. The van der Waals surface area contributed by atoms with Gasteiger partial charge in [-0.2, -0.15) is 0 Å². The van der Waals surface area contributed by atoms with Gasteiger partial charge in [-0.3, -0.25) is 0 Å². The van der Waals surface area contributed by atoms with E-state index in [2.05, 4.69) is 23.3 Å². The lowest BCUT2D eigenvalue weighted by Gasteiger charge is -2.33. The van der Waals surface area contributed by atoms with E-state index >= 15 is 0 Å². The number of anilines is 2. The standard InChI is InChI=1S/C14H17N3/c1-9-6-12(7-9)16-14-5-2-10-8-11(15)3-4-13(10)17-14/h2-5,8-9,12H,6-7,15H2,1H3,(H,16,17). The summed E-state index contributed by atoms with van der Waals surface area (Å²) in [6.45, 7) is 2.29. The summed E-state index contributed by atoms with van der Waals surface area (Å²) in [5, 5.41) is 4.57. The highest BCUT2D eigenvalue weighted by Crippen LogP contribution is 2.29. The Hall–Kier alpha value is -1.77. The fourth-order valence-electron chi connectivity index (χ4n) is 2.45. The number of aromatic nitrogens is 1. The van der Waals surface area contributed by atoms with Crippen LogP contribution in [-0.4, -0.2) is 11.0 Å². The Morgan fingerprint density at radius 3 is 2.82 bits per heavy atom. The molecule has 3 rings (SSSR count). The van der Waals surface area contributed by atoms with Crippen LogP contribution in [0.5, 0.6) is 0 Å². The van der Waals surface area contributed by atoms with Gasteiger partial charge in [-0.25, -0.2) is 4.98 Å². The molecule has 1 aliphatic rings. The Bertz CT molecular complexity index is 544. The number of pyridine rings is 1. The van der Waals surface area contributed by atoms with Crippen molar-refractivity contribution in [3.05, 3.63) is 30.3 Å². The smallest absolute Gasteiger partial charge is 0.126 e. The van der Waals surface area contributed by atoms with Gasteiger partial charge in [0.05, 0.1) is 5.52 Å². The lowest BCUT2D eigenvalue weighted by atomic mass is 9.82. The van der Waals surface area contributed by atoms with Crippen LogP contribution in [0, 0.1) is 5.92 Å². The summed E-state index contributed by atoms with van der Waals surface area (Å²) in [5.74, 6) is 1.83. The zero-order valence-electron chi connectivity index (χ0n) is 9.98. The zero-order valence-corrected chi connectivity index (χ0v) is 9.98. The molecule has 0 unspecified atom stereocenters. The van der Waals surface area contributed by atoms with Crippen molar-refractivity contribution in [1.82, 2.24) is 4.98 Å². The second-order valence-electron chi connectivity index (χ2n) is 5.07. The van der Waals surface area contributed by atoms with Crippen molar-refractivity contribution < 1.29 is 0 Å². The van der Waals surface area contributed by atoms with Crippen molar-refractivity contribution >= 4 is 22.4 Å². The summed E-state index contributed by atoms with van der Waals surface area (Å²) in [6, 6.07) is 10.5. The van der Waals surface area contributed by atoms with Crippen molar-refractivity contribution in [2.24, 2.45) is 5.92 Å². The molecule has 1 aliphatic carbocycles. The molecule has 0 aliphatic heterocycles. The largest absolute Gasteiger partial charge is 0.399 e. The van der Waals surface area contributed by atoms with Crippen LogP contribution in [0.2, 0.25) is 0 Å². The fraction of sp³-hybridized carbons (Fsp3) is 0.357. The van der Waals surface area contributed by atoms with Gasteiger partial charge in [0.25, 0.3) is 0 Å². The summed E-state index contributed by atoms with van der Waals surface area (Å²) in [6.07, 6.45) is 2.50. The lowest BCUT2D eigenvalue weighted by molar-refractivity contribution is 0.308. The Morgan fingerprint density at radius 2 is 2.06 bits per heavy atom. The lowest BCUT2D eigenvalue weighted by Crippen LogP contribution is -2.34. The predicted octanol–water partition coefficient (Wildman–Crippen LogP) is 3.03. The second kappa shape index (κ2) is 3.91. The quantitative estimate of drug-likeness (QED) is 0.775. The van der Waals surface area contributed by atoms with Gasteiger partial charge in [-0.15, -0.1) is 0 Å². The van der Waals surface area contributed by atoms with Crippen LogP contribution in [0.3, 0.4) is 0 Å². The number of nitrogens with zero attached hydrogens (tertiary/aromatic N) is 1. The van der Waals surface area contributed by atoms with Crippen molar-refractivity contribution in [3.63, 3.8) is 0 Å². The van der Waals surface area contributed by atoms with Gasteiger partial charge in [-0.05, 0) is 49.1 Å². The monoisotopic (exact) mass is 227 g/mol. The Kier molecular flexibility index (Phi) is 2.39. The van der Waals surface area contributed by atoms with E-state index < -0.39 is 0 Å². The Morgan fingerprint density at radius 1 is 1.24 bits per heavy atom. The molecule has 0 radical (unpaired) electrons. The first-order valence-corrected chi connectivity index (χ1v) is 6.13. The van der Waals surface area contributed by atoms with Gasteiger partial charge in [0.2, 0.25) is 0 Å². The van der Waals surface area contributed by atoms with Crippen LogP contribution in [0.25, 0.3) is 10.9 Å². The summed E-state index contributed by atoms with van der Waals surface area (Å²) in [5.41, 5.74) is 7.53. The van der Waals surface area contributed by atoms with Crippen molar-refractivity contribution in [1.29, 1.82) is 0 Å². The third-order valence-electron chi connectivity index (χ3n) is 3.44. The average Bonchev–Trinajstić information content (AvgIpc) is 2.27. The van der Waals surface area contributed by atoms with E-state index in [0.29, 0.717) is 6.04 Å². The minimum Gasteiger partial charge on any atom is -0.399 e. The minimum atomic E-state index is 0.601. The molecule has 0 amide bonds. The molecule has 17 heavy (non-hydrogen) atoms. The molecule has 0 bridgehead atoms. The molecule has 3 heteroatoms. The van der Waals surface area contributed by atoms with Gasteiger partial charge in [0.15, 0.2) is 0 Å². The first-order valence-electron chi connectivity index (χ1n) is 6.13. The molecule has 0 atom stereocenters. The molecule has 1 heterocycles. The van der Waals surface area contributed by atoms with Crippen LogP contribution in [0.4, 0.5) is 11.5 Å². The molecular weight excluding hydrogens is 210 g/mol. The van der Waals surface area contributed by atoms with Crippen LogP contribution < -0.4 is 11.1 Å². The first kappa shape index (κ1) is 10.4. The molecule has 3 nitrogen and oxygen atoms in total. The van der Waals surface area contributed by atoms with Crippen LogP contribution in [0.15, 0.2) is 30.3 Å². The SMILES string of the molecule is CC1CC(Nc2ccc3cc(N)ccc3n2)C1. The van der Waals surface area contributed by atoms with Gasteiger partial charge in [-0.1, -0.05) is 6.92 Å². The third kappa shape index (κ3) is 2.05. The zero-order chi connectivity index (χ0) is 11.8. The number of rotatable bonds is 2. The highest BCUT2D eigenvalue weighted by Gasteiger charge is 2.25. The molecule has 88 valence electrons. The number of nitrogens with one attached hydrogen (secondary N) is 1. The van der Waals surface area contributed by atoms with Crippen LogP contribution in [-0.2, 0) is 0 Å². The highest BCUT2D eigenvalue weighted by atomic mass is 15.0. The topological polar surface area (TPSA) is 50.9 Å². The summed E-state index contributed by atoms with van der Waals surface area (Å²) in [4.78, 5) is 4.60. The Balaban J connectivity index is 1.84. The molecule has 0 spiro atoms. The maximum absolute atomic E-state index is 5.75. The molecule has 1 fully saturated rings. The number of nitrogen functional groups attached to an aromatic ring is 1. The van der Waals surface area contributed by atoms with Gasteiger partial charge >= 0.3 is 0 Å². The minimum absolute atomic E-state index is 0.601. The fourth-order valence-corrected chi connectivity index (χ4v) is 2.45. The van der Waals surface area contributed by atoms with E-state index in [1.54, 1.807) is 0 Å². The molecular formula is C14H17N3. The van der Waals surface area contributed by atoms with E-state index in [9.17, 15) is 0 Å². The Labute approximate surface area is 101 Å². The maximum Gasteiger partial charge on any atom is 0.126 e. The van der Waals surface area contributed by atoms with Crippen molar-refractivity contribution in [3.8, 4) is 0 Å². The van der Waals surface area contributed by atoms with E-state index in [4.69, 9.17) is 5.73 Å². The van der Waals surface area contributed by atoms with E-state index in [-0.39, 0.29) is 0 Å². The van der Waals surface area contributed by atoms with E-state index in [1.165, 1.54) is 12.8 Å². The van der Waals surface area contributed by atoms with E-state index in [1.807, 2.05) is 24.3 Å². The summed E-state index contributed by atoms with van der Waals surface area (Å²) < 4.78 is 0. The van der Waals surface area contributed by atoms with Crippen LogP contribution >= 0.6 is 0 Å². The molecule has 1 aromatic heterocycles. The van der Waals surface area contributed by atoms with Gasteiger partial charge in [0.1, 0.15) is 5.82 Å². The summed E-state index contributed by atoms with van der Waals surface area (Å²) >= 11 is 0. The van der Waals surface area contributed by atoms with Crippen molar-refractivity contribution in [2.75, 3.05) is 11.1 Å². The van der Waals surface area contributed by atoms with Crippen molar-refractivity contribution in [2.45, 2.75) is 25.8 Å². The first-order chi connectivity index (χ1) is 8.20. The number of nitrogens with two attached hydrogens (primary N) is 1. The van der Waals surface area contributed by atoms with Gasteiger partial charge in [0, 0.05) is 17.1 Å². The normalized spacial score (nSPS) is 23.4. The molecule has 2 aromatic rings. The molecule has 3 N–H and O–H groups in total. The van der Waals surface area contributed by atoms with Crippen LogP contribution in [0.1, 0.15) is 19.8 Å². The average molecular weight is 227 g/mol. The molecule has 1 saturated carbocycles. The number of hydrogen-bond donors (Lipinski definition) is 2. The van der Waals surface area contributed by atoms with Gasteiger partial charge < -0.3 is 11.1 Å². The van der Waals surface area contributed by atoms with E-state index in [0.717, 1.165) is 28.3 Å².